The van der Waals surface area contributed by atoms with Gasteiger partial charge in [-0.25, -0.2) is 0 Å². The fourth-order valence-corrected chi connectivity index (χ4v) is 0.0896. The van der Waals surface area contributed by atoms with Crippen LogP contribution in [0.1, 0.15) is 6.92 Å². The van der Waals surface area contributed by atoms with Gasteiger partial charge in [0.2, 0.25) is 0 Å². The highest BCUT2D eigenvalue weighted by molar-refractivity contribution is 5.47. The second-order valence-corrected chi connectivity index (χ2v) is 1.12. The van der Waals surface area contributed by atoms with Crippen LogP contribution in [-0.2, 0) is 4.79 Å². The van der Waals surface area contributed by atoms with Crippen LogP contribution < -0.4 is 5.32 Å². The molecule has 0 saturated carbocycles. The van der Waals surface area contributed by atoms with Crippen molar-refractivity contribution in [1.82, 2.24) is 5.32 Å². The predicted octanol–water partition coefficient (Wildman–Crippen LogP) is 0.256. The van der Waals surface area contributed by atoms with Crippen molar-refractivity contribution in [3.63, 3.8) is 0 Å². The largest absolute Gasteiger partial charge is 0.323 e. The van der Waals surface area contributed by atoms with E-state index in [0.29, 0.717) is 6.92 Å². The molecule has 0 heterocycles. The Labute approximate surface area is 39.5 Å². The van der Waals surface area contributed by atoms with E-state index >= 15 is 0 Å². The van der Waals surface area contributed by atoms with E-state index in [1.807, 2.05) is 0 Å². The number of alkyl halides is 2. The first-order chi connectivity index (χ1) is 3.06. The van der Waals surface area contributed by atoms with Gasteiger partial charge in [-0.2, -0.15) is 8.78 Å². The van der Waals surface area contributed by atoms with Gasteiger partial charge in [-0.05, 0) is 0 Å². The Morgan fingerprint density at radius 3 is 2.14 bits per heavy atom. The second kappa shape index (κ2) is 1.86. The molecule has 7 heavy (non-hydrogen) atoms. The summed E-state index contributed by atoms with van der Waals surface area (Å²) in [7, 11) is 0. The fourth-order valence-electron chi connectivity index (χ4n) is 0.0896. The molecule has 0 unspecified atom stereocenters. The summed E-state index contributed by atoms with van der Waals surface area (Å²) in [4.78, 5) is 9.10. The monoisotopic (exact) mass is 108 g/mol. The third-order valence-electron chi connectivity index (χ3n) is 0.271. The highest BCUT2D eigenvalue weighted by Gasteiger charge is 2.18. The SMILES string of the molecule is CC(F)(F)N[C]=O. The molecule has 0 spiro atoms. The summed E-state index contributed by atoms with van der Waals surface area (Å²) < 4.78 is 22.7. The van der Waals surface area contributed by atoms with Crippen molar-refractivity contribution in [3.05, 3.63) is 0 Å². The van der Waals surface area contributed by atoms with Crippen molar-refractivity contribution < 1.29 is 13.6 Å². The fraction of sp³-hybridized carbons (Fsp3) is 0.667. The number of halogens is 2. The van der Waals surface area contributed by atoms with Crippen LogP contribution in [0.5, 0.6) is 0 Å². The molecule has 2 nitrogen and oxygen atoms in total. The van der Waals surface area contributed by atoms with Gasteiger partial charge in [-0.1, -0.05) is 0 Å². The molecular formula is C3H4F2NO. The predicted molar refractivity (Wildman–Crippen MR) is 19.5 cm³/mol. The van der Waals surface area contributed by atoms with Gasteiger partial charge in [0.1, 0.15) is 0 Å². The van der Waals surface area contributed by atoms with Crippen molar-refractivity contribution in [2.45, 2.75) is 13.0 Å². The molecule has 0 fully saturated rings. The minimum atomic E-state index is -3.12. The van der Waals surface area contributed by atoms with Gasteiger partial charge in [-0.15, -0.1) is 0 Å². The second-order valence-electron chi connectivity index (χ2n) is 1.12. The van der Waals surface area contributed by atoms with E-state index in [1.54, 1.807) is 0 Å². The lowest BCUT2D eigenvalue weighted by atomic mass is 10.6. The van der Waals surface area contributed by atoms with Gasteiger partial charge < -0.3 is 0 Å². The van der Waals surface area contributed by atoms with Crippen molar-refractivity contribution in [2.24, 2.45) is 0 Å². The lowest BCUT2D eigenvalue weighted by molar-refractivity contribution is 0.00526. The van der Waals surface area contributed by atoms with E-state index in [-0.39, 0.29) is 0 Å². The smallest absolute Gasteiger partial charge is 0.289 e. The average Bonchev–Trinajstić information content (AvgIpc) is 1.30. The van der Waals surface area contributed by atoms with E-state index in [0.717, 1.165) is 11.7 Å². The summed E-state index contributed by atoms with van der Waals surface area (Å²) in [5.41, 5.74) is 0. The maximum absolute atomic E-state index is 11.3. The molecule has 1 radical (unpaired) electrons. The van der Waals surface area contributed by atoms with Crippen LogP contribution in [0.25, 0.3) is 0 Å². The molecule has 0 aliphatic carbocycles. The lowest BCUT2D eigenvalue weighted by Gasteiger charge is -2.03. The van der Waals surface area contributed by atoms with Crippen LogP contribution in [0, 0.1) is 0 Å². The van der Waals surface area contributed by atoms with E-state index in [9.17, 15) is 8.78 Å². The molecule has 0 aliphatic heterocycles. The van der Waals surface area contributed by atoms with Crippen molar-refractivity contribution in [2.75, 3.05) is 0 Å². The third-order valence-corrected chi connectivity index (χ3v) is 0.271. The van der Waals surface area contributed by atoms with Gasteiger partial charge in [0.25, 0.3) is 0 Å². The Kier molecular flexibility index (Phi) is 1.68. The van der Waals surface area contributed by atoms with Crippen LogP contribution in [0.4, 0.5) is 8.78 Å². The summed E-state index contributed by atoms with van der Waals surface area (Å²) >= 11 is 0. The molecule has 1 amide bonds. The molecule has 1 N–H and O–H groups in total. The first-order valence-corrected chi connectivity index (χ1v) is 1.58. The van der Waals surface area contributed by atoms with E-state index in [4.69, 9.17) is 4.79 Å². The normalized spacial score (nSPS) is 10.7. The summed E-state index contributed by atoms with van der Waals surface area (Å²) in [6, 6.07) is -3.12. The topological polar surface area (TPSA) is 29.1 Å². The zero-order valence-electron chi connectivity index (χ0n) is 3.66. The molecule has 0 aromatic carbocycles. The maximum atomic E-state index is 11.3. The van der Waals surface area contributed by atoms with Gasteiger partial charge in [-0.3, -0.25) is 10.1 Å². The van der Waals surface area contributed by atoms with Gasteiger partial charge >= 0.3 is 12.5 Å². The number of hydrogen-bond acceptors (Lipinski definition) is 1. The number of amides is 1. The van der Waals surface area contributed by atoms with E-state index in [2.05, 4.69) is 0 Å². The highest BCUT2D eigenvalue weighted by Crippen LogP contribution is 2.02. The van der Waals surface area contributed by atoms with Crippen LogP contribution in [0.2, 0.25) is 0 Å². The minimum Gasteiger partial charge on any atom is -0.289 e. The lowest BCUT2D eigenvalue weighted by Crippen LogP contribution is -2.31. The summed E-state index contributed by atoms with van der Waals surface area (Å²) in [6.07, 6.45) is 0.858. The Bertz CT molecular complexity index is 67.8. The highest BCUT2D eigenvalue weighted by atomic mass is 19.3. The number of hydrogen-bond donors (Lipinski definition) is 1. The van der Waals surface area contributed by atoms with Crippen molar-refractivity contribution in [3.8, 4) is 0 Å². The minimum absolute atomic E-state index is 0.567. The first kappa shape index (κ1) is 6.33. The van der Waals surface area contributed by atoms with E-state index < -0.39 is 6.05 Å². The molecule has 4 heteroatoms. The Morgan fingerprint density at radius 1 is 1.71 bits per heavy atom. The van der Waals surface area contributed by atoms with Crippen LogP contribution >= 0.6 is 0 Å². The average molecular weight is 108 g/mol. The van der Waals surface area contributed by atoms with Crippen LogP contribution in [0.15, 0.2) is 0 Å². The Balaban J connectivity index is 3.34. The Hall–Kier alpha value is -0.670. The first-order valence-electron chi connectivity index (χ1n) is 1.58. The molecule has 0 saturated heterocycles. The third kappa shape index (κ3) is 5.33. The number of nitrogens with one attached hydrogen (secondary N) is 1. The van der Waals surface area contributed by atoms with Crippen LogP contribution in [-0.4, -0.2) is 12.5 Å². The van der Waals surface area contributed by atoms with Crippen molar-refractivity contribution in [1.29, 1.82) is 0 Å². The zero-order valence-corrected chi connectivity index (χ0v) is 3.66. The van der Waals surface area contributed by atoms with Crippen molar-refractivity contribution >= 4 is 6.41 Å². The molecule has 0 rings (SSSR count). The summed E-state index contributed by atoms with van der Waals surface area (Å²) in [6.45, 7) is 0.567. The van der Waals surface area contributed by atoms with Gasteiger partial charge in [0.05, 0.1) is 0 Å². The quantitative estimate of drug-likeness (QED) is 0.399. The zero-order chi connectivity index (χ0) is 5.91. The molecule has 0 aromatic rings. The van der Waals surface area contributed by atoms with Gasteiger partial charge in [0.15, 0.2) is 0 Å². The molecule has 41 valence electrons. The molecule has 0 bridgehead atoms. The molecule has 0 aliphatic rings. The standard InChI is InChI=1S/C3H4F2NO/c1-3(4,5)6-2-7/h1H3,(H,6,7). The molecule has 0 aromatic heterocycles. The number of carbonyl (C=O) groups excluding carboxylic acids is 1. The molecule has 0 atom stereocenters. The Morgan fingerprint density at radius 2 is 2.14 bits per heavy atom. The number of rotatable bonds is 2. The van der Waals surface area contributed by atoms with E-state index in [1.165, 1.54) is 0 Å². The van der Waals surface area contributed by atoms with Gasteiger partial charge in [0, 0.05) is 6.92 Å². The van der Waals surface area contributed by atoms with Crippen LogP contribution in [0.3, 0.4) is 0 Å². The summed E-state index contributed by atoms with van der Waals surface area (Å²) in [5, 5.41) is 1.15. The molecular weight excluding hydrogens is 104 g/mol. The maximum Gasteiger partial charge on any atom is 0.323 e. The summed E-state index contributed by atoms with van der Waals surface area (Å²) in [5.74, 6) is 0.